The van der Waals surface area contributed by atoms with E-state index in [1.807, 2.05) is 27.2 Å². The molecular weight excluding hydrogens is 200 g/mol. The van der Waals surface area contributed by atoms with E-state index >= 15 is 0 Å². The third-order valence-corrected chi connectivity index (χ3v) is 2.42. The van der Waals surface area contributed by atoms with Gasteiger partial charge >= 0.3 is 0 Å². The summed E-state index contributed by atoms with van der Waals surface area (Å²) in [5.41, 5.74) is 2.33. The third-order valence-electron chi connectivity index (χ3n) is 2.42. The van der Waals surface area contributed by atoms with Crippen LogP contribution in [0.2, 0.25) is 0 Å². The summed E-state index contributed by atoms with van der Waals surface area (Å²) >= 11 is 0. The van der Waals surface area contributed by atoms with Crippen LogP contribution in [-0.4, -0.2) is 26.1 Å². The van der Waals surface area contributed by atoms with Crippen LogP contribution < -0.4 is 16.0 Å². The predicted octanol–water partition coefficient (Wildman–Crippen LogP) is 2.36. The van der Waals surface area contributed by atoms with Crippen molar-refractivity contribution in [3.63, 3.8) is 0 Å². The lowest BCUT2D eigenvalue weighted by atomic mass is 10.0. The molecule has 89 valence electrons. The summed E-state index contributed by atoms with van der Waals surface area (Å²) in [7, 11) is 5.70. The van der Waals surface area contributed by atoms with Crippen LogP contribution in [0.4, 0.5) is 17.3 Å². The van der Waals surface area contributed by atoms with Gasteiger partial charge < -0.3 is 16.0 Å². The maximum atomic E-state index is 4.50. The molecule has 0 aliphatic heterocycles. The van der Waals surface area contributed by atoms with Crippen molar-refractivity contribution in [2.45, 2.75) is 20.3 Å². The largest absolute Gasteiger partial charge is 0.388 e. The molecule has 0 aromatic carbocycles. The summed E-state index contributed by atoms with van der Waals surface area (Å²) in [4.78, 5) is 4.50. The van der Waals surface area contributed by atoms with E-state index in [1.54, 1.807) is 0 Å². The first kappa shape index (κ1) is 12.6. The first-order valence-electron chi connectivity index (χ1n) is 5.48. The van der Waals surface area contributed by atoms with Gasteiger partial charge in [-0.25, -0.2) is 4.98 Å². The molecule has 1 aromatic rings. The first-order valence-corrected chi connectivity index (χ1v) is 5.48. The van der Waals surface area contributed by atoms with Gasteiger partial charge in [-0.1, -0.05) is 13.8 Å². The van der Waals surface area contributed by atoms with Gasteiger partial charge in [0.2, 0.25) is 0 Å². The van der Waals surface area contributed by atoms with Crippen LogP contribution in [0.25, 0.3) is 0 Å². The lowest BCUT2D eigenvalue weighted by Crippen LogP contribution is -2.07. The van der Waals surface area contributed by atoms with Crippen LogP contribution in [-0.2, 0) is 6.42 Å². The zero-order chi connectivity index (χ0) is 12.1. The van der Waals surface area contributed by atoms with Crippen LogP contribution in [0.15, 0.2) is 6.07 Å². The Kier molecular flexibility index (Phi) is 4.40. The van der Waals surface area contributed by atoms with Crippen molar-refractivity contribution in [1.82, 2.24) is 4.98 Å². The maximum Gasteiger partial charge on any atom is 0.133 e. The Morgan fingerprint density at radius 3 is 2.25 bits per heavy atom. The highest BCUT2D eigenvalue weighted by atomic mass is 15.1. The molecule has 4 heteroatoms. The highest BCUT2D eigenvalue weighted by Gasteiger charge is 2.12. The topological polar surface area (TPSA) is 49.0 Å². The highest BCUT2D eigenvalue weighted by molar-refractivity contribution is 5.67. The normalized spacial score (nSPS) is 10.4. The monoisotopic (exact) mass is 221 g/mol. The number of aromatic nitrogens is 1. The van der Waals surface area contributed by atoms with Gasteiger partial charge in [0.15, 0.2) is 0 Å². The van der Waals surface area contributed by atoms with E-state index in [9.17, 15) is 0 Å². The number of hydrogen-bond acceptors (Lipinski definition) is 4. The SMILES string of the molecule is CNc1cc(NC)c(C[C](C)C)c(NC)n1. The van der Waals surface area contributed by atoms with Gasteiger partial charge in [-0.15, -0.1) is 0 Å². The Balaban J connectivity index is 3.20. The van der Waals surface area contributed by atoms with Crippen molar-refractivity contribution >= 4 is 17.3 Å². The highest BCUT2D eigenvalue weighted by Crippen LogP contribution is 2.28. The Hall–Kier alpha value is -1.45. The molecule has 0 saturated heterocycles. The van der Waals surface area contributed by atoms with E-state index in [-0.39, 0.29) is 0 Å². The summed E-state index contributed by atoms with van der Waals surface area (Å²) in [6, 6.07) is 2.03. The molecule has 3 N–H and O–H groups in total. The van der Waals surface area contributed by atoms with Crippen molar-refractivity contribution < 1.29 is 0 Å². The molecule has 0 aliphatic carbocycles. The van der Waals surface area contributed by atoms with Gasteiger partial charge in [0.05, 0.1) is 0 Å². The Morgan fingerprint density at radius 1 is 1.12 bits per heavy atom. The molecule has 1 rings (SSSR count). The average molecular weight is 221 g/mol. The zero-order valence-corrected chi connectivity index (χ0v) is 10.7. The predicted molar refractivity (Wildman–Crippen MR) is 71.2 cm³/mol. The van der Waals surface area contributed by atoms with Crippen molar-refractivity contribution in [2.24, 2.45) is 0 Å². The van der Waals surface area contributed by atoms with E-state index in [4.69, 9.17) is 0 Å². The molecule has 16 heavy (non-hydrogen) atoms. The van der Waals surface area contributed by atoms with Crippen LogP contribution in [0.3, 0.4) is 0 Å². The number of hydrogen-bond donors (Lipinski definition) is 3. The van der Waals surface area contributed by atoms with Gasteiger partial charge in [0, 0.05) is 38.5 Å². The second-order valence-electron chi connectivity index (χ2n) is 4.02. The summed E-state index contributed by atoms with van der Waals surface area (Å²) in [6.45, 7) is 4.26. The maximum absolute atomic E-state index is 4.50. The Morgan fingerprint density at radius 2 is 1.81 bits per heavy atom. The van der Waals surface area contributed by atoms with E-state index in [2.05, 4.69) is 34.8 Å². The number of nitrogens with one attached hydrogen (secondary N) is 3. The average Bonchev–Trinajstić information content (AvgIpc) is 2.28. The molecule has 0 saturated carbocycles. The molecule has 0 bridgehead atoms. The zero-order valence-electron chi connectivity index (χ0n) is 10.7. The van der Waals surface area contributed by atoms with Gasteiger partial charge in [0.1, 0.15) is 11.6 Å². The first-order chi connectivity index (χ1) is 7.62. The minimum Gasteiger partial charge on any atom is -0.388 e. The van der Waals surface area contributed by atoms with Crippen molar-refractivity contribution in [3.05, 3.63) is 17.5 Å². The molecular formula is C12H21N4. The number of anilines is 3. The second-order valence-corrected chi connectivity index (χ2v) is 4.02. The summed E-state index contributed by atoms with van der Waals surface area (Å²) in [5.74, 6) is 3.16. The molecule has 0 amide bonds. The van der Waals surface area contributed by atoms with Crippen LogP contribution in [0.1, 0.15) is 19.4 Å². The molecule has 1 heterocycles. The van der Waals surface area contributed by atoms with E-state index in [1.165, 1.54) is 11.5 Å². The molecule has 0 aliphatic rings. The quantitative estimate of drug-likeness (QED) is 0.714. The van der Waals surface area contributed by atoms with E-state index in [0.717, 1.165) is 23.7 Å². The molecule has 1 radical (unpaired) electrons. The fraction of sp³-hybridized carbons (Fsp3) is 0.500. The summed E-state index contributed by atoms with van der Waals surface area (Å²) in [6.07, 6.45) is 0.934. The smallest absolute Gasteiger partial charge is 0.133 e. The fourth-order valence-electron chi connectivity index (χ4n) is 1.66. The van der Waals surface area contributed by atoms with Gasteiger partial charge in [-0.05, 0) is 12.3 Å². The van der Waals surface area contributed by atoms with Crippen LogP contribution >= 0.6 is 0 Å². The fourth-order valence-corrected chi connectivity index (χ4v) is 1.66. The van der Waals surface area contributed by atoms with Gasteiger partial charge in [-0.2, -0.15) is 0 Å². The minimum absolute atomic E-state index is 0.867. The second kappa shape index (κ2) is 5.58. The van der Waals surface area contributed by atoms with Crippen molar-refractivity contribution in [1.29, 1.82) is 0 Å². The van der Waals surface area contributed by atoms with Crippen molar-refractivity contribution in [2.75, 3.05) is 37.1 Å². The lowest BCUT2D eigenvalue weighted by molar-refractivity contribution is 0.950. The van der Waals surface area contributed by atoms with Gasteiger partial charge in [0.25, 0.3) is 0 Å². The Labute approximate surface area is 97.9 Å². The summed E-state index contributed by atoms with van der Waals surface area (Å²) in [5, 5.41) is 9.42. The molecule has 0 atom stereocenters. The third kappa shape index (κ3) is 2.78. The molecule has 4 nitrogen and oxygen atoms in total. The van der Waals surface area contributed by atoms with Crippen LogP contribution in [0.5, 0.6) is 0 Å². The van der Waals surface area contributed by atoms with Gasteiger partial charge in [-0.3, -0.25) is 0 Å². The van der Waals surface area contributed by atoms with E-state index < -0.39 is 0 Å². The lowest BCUT2D eigenvalue weighted by Gasteiger charge is -2.16. The standard InChI is InChI=1S/C12H21N4/c1-8(2)6-9-10(13-3)7-11(14-4)16-12(9)15-5/h7H,6H2,1-5H3,(H3,13,14,15,16). The number of rotatable bonds is 5. The molecule has 1 aromatic heterocycles. The van der Waals surface area contributed by atoms with Crippen LogP contribution in [0, 0.1) is 5.92 Å². The number of nitrogens with zero attached hydrogens (tertiary/aromatic N) is 1. The molecule has 0 fully saturated rings. The minimum atomic E-state index is 0.867. The molecule has 0 unspecified atom stereocenters. The molecule has 0 spiro atoms. The Bertz CT molecular complexity index is 322. The number of pyridine rings is 1. The van der Waals surface area contributed by atoms with E-state index in [0.29, 0.717) is 0 Å². The summed E-state index contributed by atoms with van der Waals surface area (Å²) < 4.78 is 0. The van der Waals surface area contributed by atoms with Crippen molar-refractivity contribution in [3.8, 4) is 0 Å².